The molecular weight excluding hydrogens is 246 g/mol. The Bertz CT molecular complexity index is 465. The molecule has 96 valence electrons. The van der Waals surface area contributed by atoms with E-state index in [2.05, 4.69) is 0 Å². The van der Waals surface area contributed by atoms with Gasteiger partial charge in [-0.05, 0) is 26.0 Å². The van der Waals surface area contributed by atoms with Gasteiger partial charge in [-0.3, -0.25) is 4.79 Å². The molecule has 0 bridgehead atoms. The van der Waals surface area contributed by atoms with E-state index >= 15 is 0 Å². The van der Waals surface area contributed by atoms with Crippen LogP contribution in [0.5, 0.6) is 0 Å². The van der Waals surface area contributed by atoms with E-state index in [0.29, 0.717) is 5.76 Å². The van der Waals surface area contributed by atoms with Crippen LogP contribution < -0.4 is 0 Å². The van der Waals surface area contributed by atoms with Crippen molar-refractivity contribution in [1.29, 1.82) is 0 Å². The Morgan fingerprint density at radius 3 is 2.65 bits per heavy atom. The number of hydrogen-bond donors (Lipinski definition) is 1. The quantitative estimate of drug-likeness (QED) is 0.822. The number of aliphatic carboxylic acids is 1. The van der Waals surface area contributed by atoms with E-state index in [-0.39, 0.29) is 12.3 Å². The van der Waals surface area contributed by atoms with E-state index in [0.717, 1.165) is 4.31 Å². The van der Waals surface area contributed by atoms with Crippen molar-refractivity contribution >= 4 is 16.0 Å². The Labute approximate surface area is 99.9 Å². The average molecular weight is 261 g/mol. The Morgan fingerprint density at radius 1 is 1.59 bits per heavy atom. The summed E-state index contributed by atoms with van der Waals surface area (Å²) in [4.78, 5) is 10.9. The van der Waals surface area contributed by atoms with Gasteiger partial charge in [0, 0.05) is 0 Å². The summed E-state index contributed by atoms with van der Waals surface area (Å²) in [6.07, 6.45) is 1.41. The van der Waals surface area contributed by atoms with Crippen LogP contribution in [0, 0.1) is 0 Å². The van der Waals surface area contributed by atoms with Crippen molar-refractivity contribution in [3.63, 3.8) is 0 Å². The first-order valence-electron chi connectivity index (χ1n) is 5.13. The lowest BCUT2D eigenvalue weighted by atomic mass is 10.3. The van der Waals surface area contributed by atoms with E-state index in [1.165, 1.54) is 20.1 Å². The van der Waals surface area contributed by atoms with Gasteiger partial charge < -0.3 is 9.52 Å². The number of nitrogens with zero attached hydrogens (tertiary/aromatic N) is 1. The zero-order valence-electron chi connectivity index (χ0n) is 9.66. The van der Waals surface area contributed by atoms with Gasteiger partial charge in [0.15, 0.2) is 0 Å². The minimum Gasteiger partial charge on any atom is -0.480 e. The standard InChI is InChI=1S/C10H15NO5S/c1-3-17(14,15)11(8(2)10(12)13)7-9-5-4-6-16-9/h4-6,8H,3,7H2,1-2H3,(H,12,13). The highest BCUT2D eigenvalue weighted by atomic mass is 32.2. The zero-order chi connectivity index (χ0) is 13.1. The maximum atomic E-state index is 11.8. The van der Waals surface area contributed by atoms with Gasteiger partial charge in [0.1, 0.15) is 11.8 Å². The van der Waals surface area contributed by atoms with E-state index in [4.69, 9.17) is 9.52 Å². The Balaban J connectivity index is 2.99. The molecule has 0 fully saturated rings. The minimum absolute atomic E-state index is 0.0728. The molecule has 0 amide bonds. The summed E-state index contributed by atoms with van der Waals surface area (Å²) in [6.45, 7) is 2.73. The summed E-state index contributed by atoms with van der Waals surface area (Å²) in [5, 5.41) is 8.90. The average Bonchev–Trinajstić information content (AvgIpc) is 2.77. The number of carboxylic acids is 1. The molecule has 0 radical (unpaired) electrons. The van der Waals surface area contributed by atoms with Crippen molar-refractivity contribution < 1.29 is 22.7 Å². The number of rotatable bonds is 6. The van der Waals surface area contributed by atoms with Gasteiger partial charge in [-0.2, -0.15) is 4.31 Å². The number of sulfonamides is 1. The second kappa shape index (κ2) is 5.33. The van der Waals surface area contributed by atoms with Crippen LogP contribution in [0.25, 0.3) is 0 Å². The number of carboxylic acid groups (broad SMARTS) is 1. The first-order chi connectivity index (χ1) is 7.88. The molecule has 7 heteroatoms. The lowest BCUT2D eigenvalue weighted by Crippen LogP contribution is -2.43. The van der Waals surface area contributed by atoms with Crippen LogP contribution in [0.1, 0.15) is 19.6 Å². The lowest BCUT2D eigenvalue weighted by molar-refractivity contribution is -0.141. The van der Waals surface area contributed by atoms with E-state index in [9.17, 15) is 13.2 Å². The van der Waals surface area contributed by atoms with Gasteiger partial charge in [-0.15, -0.1) is 0 Å². The Kier molecular flexibility index (Phi) is 4.30. The van der Waals surface area contributed by atoms with Gasteiger partial charge in [-0.1, -0.05) is 0 Å². The van der Waals surface area contributed by atoms with Gasteiger partial charge in [-0.25, -0.2) is 8.42 Å². The third-order valence-electron chi connectivity index (χ3n) is 2.40. The number of hydrogen-bond acceptors (Lipinski definition) is 4. The molecule has 1 heterocycles. The first-order valence-corrected chi connectivity index (χ1v) is 6.74. The van der Waals surface area contributed by atoms with Crippen LogP contribution in [0.4, 0.5) is 0 Å². The van der Waals surface area contributed by atoms with Crippen molar-refractivity contribution in [1.82, 2.24) is 4.31 Å². The van der Waals surface area contributed by atoms with E-state index < -0.39 is 22.0 Å². The third kappa shape index (κ3) is 3.31. The molecule has 1 N–H and O–H groups in total. The first kappa shape index (κ1) is 13.7. The highest BCUT2D eigenvalue weighted by molar-refractivity contribution is 7.89. The normalized spacial score (nSPS) is 13.8. The zero-order valence-corrected chi connectivity index (χ0v) is 10.5. The third-order valence-corrected chi connectivity index (χ3v) is 4.29. The number of carbonyl (C=O) groups is 1. The van der Waals surface area contributed by atoms with Crippen LogP contribution in [-0.4, -0.2) is 35.6 Å². The predicted octanol–water partition coefficient (Wildman–Crippen LogP) is 0.904. The van der Waals surface area contributed by atoms with Crippen LogP contribution in [0.2, 0.25) is 0 Å². The van der Waals surface area contributed by atoms with Crippen molar-refractivity contribution in [3.8, 4) is 0 Å². The fourth-order valence-corrected chi connectivity index (χ4v) is 2.55. The van der Waals surface area contributed by atoms with Gasteiger partial charge in [0.05, 0.1) is 18.6 Å². The van der Waals surface area contributed by atoms with Crippen LogP contribution in [0.15, 0.2) is 22.8 Å². The van der Waals surface area contributed by atoms with Gasteiger partial charge in [0.2, 0.25) is 10.0 Å². The summed E-state index contributed by atoms with van der Waals surface area (Å²) in [5.41, 5.74) is 0. The molecule has 1 aromatic rings. The summed E-state index contributed by atoms with van der Waals surface area (Å²) in [7, 11) is -3.59. The topological polar surface area (TPSA) is 87.8 Å². The molecule has 0 saturated heterocycles. The highest BCUT2D eigenvalue weighted by Gasteiger charge is 2.31. The maximum Gasteiger partial charge on any atom is 0.321 e. The largest absolute Gasteiger partial charge is 0.480 e. The summed E-state index contributed by atoms with van der Waals surface area (Å²) < 4.78 is 29.5. The summed E-state index contributed by atoms with van der Waals surface area (Å²) in [6, 6.07) is 2.11. The molecular formula is C10H15NO5S. The molecule has 0 saturated carbocycles. The molecule has 1 unspecified atom stereocenters. The molecule has 0 aliphatic heterocycles. The van der Waals surface area contributed by atoms with Crippen LogP contribution >= 0.6 is 0 Å². The Hall–Kier alpha value is -1.34. The second-order valence-corrected chi connectivity index (χ2v) is 5.75. The molecule has 6 nitrogen and oxygen atoms in total. The maximum absolute atomic E-state index is 11.8. The monoisotopic (exact) mass is 261 g/mol. The second-order valence-electron chi connectivity index (χ2n) is 3.54. The van der Waals surface area contributed by atoms with Gasteiger partial charge in [0.25, 0.3) is 0 Å². The fraction of sp³-hybridized carbons (Fsp3) is 0.500. The number of furan rings is 1. The minimum atomic E-state index is -3.59. The molecule has 1 aromatic heterocycles. The molecule has 0 spiro atoms. The fourth-order valence-electron chi connectivity index (χ4n) is 1.32. The molecule has 1 atom stereocenters. The molecule has 0 aliphatic rings. The van der Waals surface area contributed by atoms with Crippen LogP contribution in [-0.2, 0) is 21.4 Å². The smallest absolute Gasteiger partial charge is 0.321 e. The molecule has 0 aromatic carbocycles. The highest BCUT2D eigenvalue weighted by Crippen LogP contribution is 2.14. The van der Waals surface area contributed by atoms with Crippen molar-refractivity contribution in [2.24, 2.45) is 0 Å². The van der Waals surface area contributed by atoms with E-state index in [1.54, 1.807) is 12.1 Å². The summed E-state index contributed by atoms with van der Waals surface area (Å²) >= 11 is 0. The predicted molar refractivity (Wildman–Crippen MR) is 60.8 cm³/mol. The van der Waals surface area contributed by atoms with Crippen molar-refractivity contribution in [2.75, 3.05) is 5.75 Å². The molecule has 0 aliphatic carbocycles. The van der Waals surface area contributed by atoms with Crippen LogP contribution in [0.3, 0.4) is 0 Å². The van der Waals surface area contributed by atoms with E-state index in [1.807, 2.05) is 0 Å². The lowest BCUT2D eigenvalue weighted by Gasteiger charge is -2.24. The van der Waals surface area contributed by atoms with Crippen molar-refractivity contribution in [2.45, 2.75) is 26.4 Å². The summed E-state index contributed by atoms with van der Waals surface area (Å²) in [5.74, 6) is -0.922. The molecule has 1 rings (SSSR count). The van der Waals surface area contributed by atoms with Crippen molar-refractivity contribution in [3.05, 3.63) is 24.2 Å². The Morgan fingerprint density at radius 2 is 2.24 bits per heavy atom. The van der Waals surface area contributed by atoms with Gasteiger partial charge >= 0.3 is 5.97 Å². The molecule has 17 heavy (non-hydrogen) atoms. The SMILES string of the molecule is CCS(=O)(=O)N(Cc1ccco1)C(C)C(=O)O.